The second-order valence-electron chi connectivity index (χ2n) is 4.76. The van der Waals surface area contributed by atoms with Gasteiger partial charge in [0.1, 0.15) is 0 Å². The monoisotopic (exact) mass is 316 g/mol. The summed E-state index contributed by atoms with van der Waals surface area (Å²) in [6.07, 6.45) is 0. The number of imidazole rings is 1. The predicted molar refractivity (Wildman–Crippen MR) is 86.3 cm³/mol. The highest BCUT2D eigenvalue weighted by Gasteiger charge is 2.14. The third kappa shape index (κ3) is 2.61. The number of nitrogens with one attached hydrogen (secondary N) is 2. The number of nitrogens with two attached hydrogens (primary N) is 1. The fraction of sp³-hybridized carbons (Fsp3) is 0.0667. The minimum atomic E-state index is -0.556. The van der Waals surface area contributed by atoms with Gasteiger partial charge >= 0.3 is 11.7 Å². The first-order valence-electron chi connectivity index (χ1n) is 6.59. The Morgan fingerprint density at radius 2 is 1.95 bits per heavy atom. The molecule has 0 radical (unpaired) electrons. The fourth-order valence-corrected chi connectivity index (χ4v) is 2.35. The summed E-state index contributed by atoms with van der Waals surface area (Å²) in [6.45, 7) is 0.425. The maximum atomic E-state index is 12.3. The molecule has 1 aromatic heterocycles. The van der Waals surface area contributed by atoms with Gasteiger partial charge in [-0.15, -0.1) is 0 Å². The molecule has 0 saturated carbocycles. The topological polar surface area (TPSA) is 92.9 Å². The second-order valence-corrected chi connectivity index (χ2v) is 5.19. The van der Waals surface area contributed by atoms with E-state index in [1.54, 1.807) is 30.3 Å². The molecular formula is C15H13ClN4O2. The Labute approximate surface area is 130 Å². The third-order valence-electron chi connectivity index (χ3n) is 3.29. The summed E-state index contributed by atoms with van der Waals surface area (Å²) in [5, 5.41) is 3.11. The van der Waals surface area contributed by atoms with Crippen LogP contribution in [0.25, 0.3) is 11.0 Å². The van der Waals surface area contributed by atoms with Crippen molar-refractivity contribution in [1.82, 2.24) is 9.55 Å². The van der Waals surface area contributed by atoms with E-state index in [1.807, 2.05) is 12.1 Å². The van der Waals surface area contributed by atoms with Gasteiger partial charge in [-0.2, -0.15) is 0 Å². The molecule has 0 atom stereocenters. The number of carbonyl (C=O) groups excluding carboxylic acids is 1. The van der Waals surface area contributed by atoms with Crippen molar-refractivity contribution in [2.75, 3.05) is 5.32 Å². The molecule has 0 aliphatic rings. The van der Waals surface area contributed by atoms with Gasteiger partial charge in [0.05, 0.1) is 11.0 Å². The summed E-state index contributed by atoms with van der Waals surface area (Å²) in [7, 11) is 0. The van der Waals surface area contributed by atoms with E-state index in [9.17, 15) is 9.59 Å². The lowest BCUT2D eigenvalue weighted by Gasteiger charge is -2.06. The quantitative estimate of drug-likeness (QED) is 0.678. The molecule has 2 aromatic carbocycles. The van der Waals surface area contributed by atoms with Crippen LogP contribution in [0.1, 0.15) is 5.56 Å². The number of rotatable bonds is 2. The Balaban J connectivity index is 1.96. The standard InChI is InChI=1S/C15H13ClN4O2/c16-10-3-6-12-13(7-10)20(15(22)19-12)14(21)18-11-4-1-9(8-17)2-5-11/h1-7H,8,17H2,(H,18,21)(H,19,22). The van der Waals surface area contributed by atoms with Gasteiger partial charge in [0.15, 0.2) is 0 Å². The van der Waals surface area contributed by atoms with Crippen LogP contribution in [-0.4, -0.2) is 15.6 Å². The lowest BCUT2D eigenvalue weighted by Crippen LogP contribution is -2.29. The third-order valence-corrected chi connectivity index (χ3v) is 3.52. The molecule has 0 fully saturated rings. The summed E-state index contributed by atoms with van der Waals surface area (Å²) < 4.78 is 1.01. The summed E-state index contributed by atoms with van der Waals surface area (Å²) in [5.74, 6) is 0. The first-order valence-corrected chi connectivity index (χ1v) is 6.97. The number of halogens is 1. The first kappa shape index (κ1) is 14.4. The summed E-state index contributed by atoms with van der Waals surface area (Å²) in [4.78, 5) is 26.9. The Hall–Kier alpha value is -2.57. The zero-order chi connectivity index (χ0) is 15.7. The van der Waals surface area contributed by atoms with Crippen molar-refractivity contribution in [3.05, 3.63) is 63.5 Å². The van der Waals surface area contributed by atoms with E-state index in [1.165, 1.54) is 0 Å². The van der Waals surface area contributed by atoms with Gasteiger partial charge in [0.25, 0.3) is 0 Å². The Morgan fingerprint density at radius 1 is 1.23 bits per heavy atom. The number of aromatic amines is 1. The molecule has 0 spiro atoms. The van der Waals surface area contributed by atoms with Crippen molar-refractivity contribution in [3.8, 4) is 0 Å². The fourth-order valence-electron chi connectivity index (χ4n) is 2.18. The van der Waals surface area contributed by atoms with Crippen molar-refractivity contribution in [2.45, 2.75) is 6.54 Å². The lowest BCUT2D eigenvalue weighted by molar-refractivity contribution is 0.253. The molecular weight excluding hydrogens is 304 g/mol. The normalized spacial score (nSPS) is 10.8. The van der Waals surface area contributed by atoms with Gasteiger partial charge in [-0.3, -0.25) is 0 Å². The maximum Gasteiger partial charge on any atom is 0.334 e. The molecule has 0 unspecified atom stereocenters. The number of fused-ring (bicyclic) bond motifs is 1. The van der Waals surface area contributed by atoms with Crippen molar-refractivity contribution < 1.29 is 4.79 Å². The van der Waals surface area contributed by atoms with Gasteiger partial charge in [-0.25, -0.2) is 14.2 Å². The second kappa shape index (κ2) is 5.67. The largest absolute Gasteiger partial charge is 0.334 e. The van der Waals surface area contributed by atoms with Crippen molar-refractivity contribution >= 4 is 34.4 Å². The van der Waals surface area contributed by atoms with Crippen molar-refractivity contribution in [2.24, 2.45) is 5.73 Å². The molecule has 7 heteroatoms. The van der Waals surface area contributed by atoms with E-state index < -0.39 is 11.7 Å². The van der Waals surface area contributed by atoms with E-state index in [2.05, 4.69) is 10.3 Å². The Bertz CT molecular complexity index is 896. The van der Waals surface area contributed by atoms with Crippen molar-refractivity contribution in [3.63, 3.8) is 0 Å². The molecule has 4 N–H and O–H groups in total. The molecule has 0 saturated heterocycles. The Morgan fingerprint density at radius 3 is 2.64 bits per heavy atom. The van der Waals surface area contributed by atoms with Crippen LogP contribution >= 0.6 is 11.6 Å². The van der Waals surface area contributed by atoms with Crippen LogP contribution in [0.15, 0.2) is 47.3 Å². The molecule has 6 nitrogen and oxygen atoms in total. The van der Waals surface area contributed by atoms with Gasteiger partial charge in [0.2, 0.25) is 0 Å². The highest BCUT2D eigenvalue weighted by Crippen LogP contribution is 2.17. The number of amides is 1. The van der Waals surface area contributed by atoms with Gasteiger partial charge in [-0.05, 0) is 35.9 Å². The van der Waals surface area contributed by atoms with E-state index in [4.69, 9.17) is 17.3 Å². The molecule has 3 aromatic rings. The average Bonchev–Trinajstić information content (AvgIpc) is 2.83. The molecule has 3 rings (SSSR count). The van der Waals surface area contributed by atoms with E-state index >= 15 is 0 Å². The van der Waals surface area contributed by atoms with Crippen LogP contribution in [0, 0.1) is 0 Å². The SMILES string of the molecule is NCc1ccc(NC(=O)n2c(=O)[nH]c3ccc(Cl)cc32)cc1. The van der Waals surface area contributed by atoms with Gasteiger partial charge in [0, 0.05) is 17.3 Å². The number of hydrogen-bond donors (Lipinski definition) is 3. The highest BCUT2D eigenvalue weighted by molar-refractivity contribution is 6.31. The van der Waals surface area contributed by atoms with Crippen LogP contribution in [-0.2, 0) is 6.54 Å². The number of carbonyl (C=O) groups is 1. The first-order chi connectivity index (χ1) is 10.6. The lowest BCUT2D eigenvalue weighted by atomic mass is 10.2. The predicted octanol–water partition coefficient (Wildman–Crippen LogP) is 2.52. The number of benzene rings is 2. The summed E-state index contributed by atoms with van der Waals surface area (Å²) in [5.41, 5.74) is 7.50. The van der Waals surface area contributed by atoms with E-state index in [-0.39, 0.29) is 0 Å². The number of nitrogens with zero attached hydrogens (tertiary/aromatic N) is 1. The minimum Gasteiger partial charge on any atom is -0.326 e. The van der Waals surface area contributed by atoms with Crippen LogP contribution in [0.4, 0.5) is 10.5 Å². The smallest absolute Gasteiger partial charge is 0.326 e. The van der Waals surface area contributed by atoms with E-state index in [0.717, 1.165) is 10.1 Å². The van der Waals surface area contributed by atoms with Gasteiger partial charge < -0.3 is 16.0 Å². The summed E-state index contributed by atoms with van der Waals surface area (Å²) in [6, 6.07) is 11.4. The zero-order valence-corrected chi connectivity index (χ0v) is 12.2. The Kier molecular flexibility index (Phi) is 3.70. The molecule has 112 valence electrons. The zero-order valence-electron chi connectivity index (χ0n) is 11.5. The molecule has 1 amide bonds. The molecule has 0 bridgehead atoms. The number of H-pyrrole nitrogens is 1. The number of anilines is 1. The van der Waals surface area contributed by atoms with Crippen LogP contribution in [0.5, 0.6) is 0 Å². The van der Waals surface area contributed by atoms with Crippen LogP contribution in [0.2, 0.25) is 5.02 Å². The van der Waals surface area contributed by atoms with Crippen molar-refractivity contribution in [1.29, 1.82) is 0 Å². The molecule has 22 heavy (non-hydrogen) atoms. The van der Waals surface area contributed by atoms with E-state index in [0.29, 0.717) is 28.3 Å². The van der Waals surface area contributed by atoms with Crippen LogP contribution < -0.4 is 16.7 Å². The number of hydrogen-bond acceptors (Lipinski definition) is 3. The molecule has 0 aliphatic heterocycles. The molecule has 1 heterocycles. The average molecular weight is 317 g/mol. The van der Waals surface area contributed by atoms with Gasteiger partial charge in [-0.1, -0.05) is 23.7 Å². The minimum absolute atomic E-state index is 0.425. The molecule has 0 aliphatic carbocycles. The maximum absolute atomic E-state index is 12.3. The van der Waals surface area contributed by atoms with Crippen LogP contribution in [0.3, 0.4) is 0 Å². The number of aromatic nitrogens is 2. The summed E-state index contributed by atoms with van der Waals surface area (Å²) >= 11 is 5.93. The highest BCUT2D eigenvalue weighted by atomic mass is 35.5.